The summed E-state index contributed by atoms with van der Waals surface area (Å²) in [5.74, 6) is 0.669. The summed E-state index contributed by atoms with van der Waals surface area (Å²) in [5.41, 5.74) is 9.57. The van der Waals surface area contributed by atoms with Gasteiger partial charge in [0.15, 0.2) is 5.82 Å². The summed E-state index contributed by atoms with van der Waals surface area (Å²) in [4.78, 5) is 11.3. The Morgan fingerprint density at radius 1 is 0.500 bits per heavy atom. The fourth-order valence-electron chi connectivity index (χ4n) is 6.18. The van der Waals surface area contributed by atoms with Gasteiger partial charge >= 0.3 is 6.21 Å². The number of rotatable bonds is 6. The number of aromatic nitrogens is 2. The molecule has 0 saturated carbocycles. The lowest BCUT2D eigenvalue weighted by Gasteiger charge is -2.13. The smallest absolute Gasteiger partial charge is 0.228 e. The molecule has 3 nitrogen and oxygen atoms in total. The summed E-state index contributed by atoms with van der Waals surface area (Å²) in [6, 6.07) is 53.1. The van der Waals surface area contributed by atoms with Crippen LogP contribution in [0.4, 0.5) is 0 Å². The lowest BCUT2D eigenvalue weighted by Crippen LogP contribution is -1.97. The molecule has 0 aliphatic carbocycles. The summed E-state index contributed by atoms with van der Waals surface area (Å²) >= 11 is 1.68. The van der Waals surface area contributed by atoms with Crippen LogP contribution in [0.2, 0.25) is 0 Å². The van der Waals surface area contributed by atoms with Crippen LogP contribution in [0.25, 0.3) is 77.0 Å². The Morgan fingerprint density at radius 2 is 1.02 bits per heavy atom. The average Bonchev–Trinajstić information content (AvgIpc) is 3.49. The second-order valence-corrected chi connectivity index (χ2v) is 12.2. The molecule has 0 aliphatic rings. The summed E-state index contributed by atoms with van der Waals surface area (Å²) < 4.78 is 5.34. The fraction of sp³-hybridized carbons (Fsp3) is 0. The molecule has 8 rings (SSSR count). The molecule has 46 heavy (non-hydrogen) atoms. The van der Waals surface area contributed by atoms with Crippen molar-refractivity contribution in [3.8, 4) is 56.2 Å². The zero-order valence-corrected chi connectivity index (χ0v) is 25.8. The maximum Gasteiger partial charge on any atom is 0.309 e. The van der Waals surface area contributed by atoms with Crippen molar-refractivity contribution in [2.24, 2.45) is 0 Å². The number of hydrogen-bond donors (Lipinski definition) is 0. The van der Waals surface area contributed by atoms with Crippen molar-refractivity contribution in [3.63, 3.8) is 0 Å². The van der Waals surface area contributed by atoms with Crippen molar-refractivity contribution in [1.82, 2.24) is 14.6 Å². The summed E-state index contributed by atoms with van der Waals surface area (Å²) in [6.07, 6.45) is 1.82. The van der Waals surface area contributed by atoms with Gasteiger partial charge in [-0.15, -0.1) is 16.0 Å². The number of fused-ring (bicyclic) bond motifs is 2. The predicted octanol–water partition coefficient (Wildman–Crippen LogP) is 10.4. The Bertz CT molecular complexity index is 2350. The van der Waals surface area contributed by atoms with E-state index in [2.05, 4.69) is 127 Å². The maximum atomic E-state index is 5.18. The minimum atomic E-state index is 0.669. The standard InChI is InChI=1S/C42H28N3S/c1-43-27-40-41(42-44-37(29-15-7-3-8-16-29)26-38(45-42)30-17-9-4-10-18-30)36-25-31(21-24-39(36)46-40)33-23-22-32(28-13-5-2-6-14-28)34-19-11-12-20-35(33)34/h2-27H,1H2/q+1. The number of nitrogens with zero attached hydrogens (tertiary/aromatic N) is 3. The summed E-state index contributed by atoms with van der Waals surface area (Å²) in [6.45, 7) is 3.78. The molecule has 0 atom stereocenters. The fourth-order valence-corrected chi connectivity index (χ4v) is 7.26. The first kappa shape index (κ1) is 27.6. The third-order valence-electron chi connectivity index (χ3n) is 8.33. The van der Waals surface area contributed by atoms with Crippen LogP contribution < -0.4 is 4.67 Å². The first-order valence-corrected chi connectivity index (χ1v) is 16.0. The van der Waals surface area contributed by atoms with E-state index in [1.165, 1.54) is 27.5 Å². The first-order valence-electron chi connectivity index (χ1n) is 15.2. The largest absolute Gasteiger partial charge is 0.309 e. The minimum absolute atomic E-state index is 0.669. The van der Waals surface area contributed by atoms with Crippen LogP contribution in [0.3, 0.4) is 0 Å². The van der Waals surface area contributed by atoms with Crippen molar-refractivity contribution in [1.29, 1.82) is 0 Å². The van der Waals surface area contributed by atoms with Gasteiger partial charge in [0.1, 0.15) is 4.88 Å². The molecule has 4 heteroatoms. The zero-order valence-electron chi connectivity index (χ0n) is 25.0. The summed E-state index contributed by atoms with van der Waals surface area (Å²) in [7, 11) is 0. The van der Waals surface area contributed by atoms with Gasteiger partial charge in [0.2, 0.25) is 0 Å². The molecule has 6 aromatic carbocycles. The third-order valence-corrected chi connectivity index (χ3v) is 9.44. The van der Waals surface area contributed by atoms with Gasteiger partial charge in [0.05, 0.1) is 17.0 Å². The predicted molar refractivity (Wildman–Crippen MR) is 197 cm³/mol. The number of hydrogen-bond acceptors (Lipinski definition) is 3. The topological polar surface area (TPSA) is 39.9 Å². The van der Waals surface area contributed by atoms with Crippen molar-refractivity contribution < 1.29 is 0 Å². The number of benzene rings is 6. The Balaban J connectivity index is 1.36. The normalized spacial score (nSPS) is 11.0. The Labute approximate surface area is 271 Å². The van der Waals surface area contributed by atoms with E-state index in [4.69, 9.17) is 9.97 Å². The highest BCUT2D eigenvalue weighted by molar-refractivity contribution is 7.21. The molecule has 8 aromatic rings. The molecule has 0 fully saturated rings. The zero-order chi connectivity index (χ0) is 30.9. The van der Waals surface area contributed by atoms with Crippen LogP contribution in [0, 0.1) is 0 Å². The van der Waals surface area contributed by atoms with E-state index in [9.17, 15) is 0 Å². The average molecular weight is 607 g/mol. The molecule has 0 bridgehead atoms. The highest BCUT2D eigenvalue weighted by atomic mass is 32.1. The van der Waals surface area contributed by atoms with E-state index in [0.29, 0.717) is 5.82 Å². The van der Waals surface area contributed by atoms with Crippen LogP contribution in [-0.2, 0) is 0 Å². The number of thiophene rings is 1. The van der Waals surface area contributed by atoms with Crippen molar-refractivity contribution in [2.75, 3.05) is 0 Å². The van der Waals surface area contributed by atoms with Crippen molar-refractivity contribution >= 4 is 45.1 Å². The maximum absolute atomic E-state index is 5.18. The van der Waals surface area contributed by atoms with E-state index in [1.54, 1.807) is 11.3 Å². The van der Waals surface area contributed by atoms with Gasteiger partial charge in [-0.25, -0.2) is 9.97 Å². The quantitative estimate of drug-likeness (QED) is 0.140. The summed E-state index contributed by atoms with van der Waals surface area (Å²) in [5, 5.41) is 3.54. The molecular formula is C42H28N3S+. The Kier molecular flexibility index (Phi) is 7.12. The van der Waals surface area contributed by atoms with Crippen LogP contribution in [-0.4, -0.2) is 22.9 Å². The van der Waals surface area contributed by atoms with Gasteiger partial charge in [-0.1, -0.05) is 133 Å². The van der Waals surface area contributed by atoms with Gasteiger partial charge < -0.3 is 0 Å². The molecule has 2 aromatic heterocycles. The molecule has 0 unspecified atom stereocenters. The monoisotopic (exact) mass is 606 g/mol. The van der Waals surface area contributed by atoms with E-state index in [0.717, 1.165) is 48.6 Å². The van der Waals surface area contributed by atoms with Gasteiger partial charge in [-0.05, 0) is 51.2 Å². The molecule has 0 spiro atoms. The molecule has 216 valence electrons. The van der Waals surface area contributed by atoms with Crippen LogP contribution in [0.1, 0.15) is 4.88 Å². The van der Waals surface area contributed by atoms with Crippen molar-refractivity contribution in [2.45, 2.75) is 0 Å². The minimum Gasteiger partial charge on any atom is -0.228 e. The second-order valence-electron chi connectivity index (χ2n) is 11.1. The Hall–Kier alpha value is -5.93. The molecule has 2 heterocycles. The molecule has 0 amide bonds. The second kappa shape index (κ2) is 11.9. The third kappa shape index (κ3) is 5.02. The molecular weight excluding hydrogens is 579 g/mol. The highest BCUT2D eigenvalue weighted by Crippen LogP contribution is 2.42. The Morgan fingerprint density at radius 3 is 1.59 bits per heavy atom. The van der Waals surface area contributed by atoms with Crippen LogP contribution >= 0.6 is 11.3 Å². The van der Waals surface area contributed by atoms with Gasteiger partial charge in [0.25, 0.3) is 6.72 Å². The van der Waals surface area contributed by atoms with Gasteiger partial charge in [-0.3, -0.25) is 0 Å². The van der Waals surface area contributed by atoms with Crippen LogP contribution in [0.5, 0.6) is 0 Å². The van der Waals surface area contributed by atoms with Gasteiger partial charge in [0, 0.05) is 21.2 Å². The molecule has 0 aliphatic heterocycles. The van der Waals surface area contributed by atoms with E-state index in [1.807, 2.05) is 42.6 Å². The lowest BCUT2D eigenvalue weighted by molar-refractivity contribution is 1.19. The SMILES string of the molecule is C=[N+]=Cc1sc2ccc(-c3ccc(-c4ccccc4)c4ccccc34)cc2c1-c1nc(-c2ccccc2)cc(-c2ccccc2)n1. The first-order chi connectivity index (χ1) is 22.8. The van der Waals surface area contributed by atoms with E-state index in [-0.39, 0.29) is 0 Å². The van der Waals surface area contributed by atoms with E-state index >= 15 is 0 Å². The highest BCUT2D eigenvalue weighted by Gasteiger charge is 2.21. The lowest BCUT2D eigenvalue weighted by atomic mass is 9.91. The van der Waals surface area contributed by atoms with Crippen molar-refractivity contribution in [3.05, 3.63) is 157 Å². The molecule has 0 radical (unpaired) electrons. The van der Waals surface area contributed by atoms with E-state index < -0.39 is 0 Å². The molecule has 0 N–H and O–H groups in total. The molecule has 0 saturated heterocycles. The van der Waals surface area contributed by atoms with Crippen LogP contribution in [0.15, 0.2) is 152 Å². The van der Waals surface area contributed by atoms with Gasteiger partial charge in [-0.2, -0.15) is 0 Å².